The van der Waals surface area contributed by atoms with Crippen molar-refractivity contribution in [3.63, 3.8) is 0 Å². The highest BCUT2D eigenvalue weighted by Crippen LogP contribution is 2.40. The molecule has 1 saturated heterocycles. The van der Waals surface area contributed by atoms with Gasteiger partial charge in [-0.05, 0) is 31.8 Å². The van der Waals surface area contributed by atoms with E-state index in [0.717, 1.165) is 47.4 Å². The minimum absolute atomic E-state index is 0.228. The second kappa shape index (κ2) is 5.67. The van der Waals surface area contributed by atoms with Crippen molar-refractivity contribution in [1.29, 1.82) is 0 Å². The van der Waals surface area contributed by atoms with Gasteiger partial charge in [0, 0.05) is 25.1 Å². The van der Waals surface area contributed by atoms with Gasteiger partial charge >= 0.3 is 0 Å². The fourth-order valence-corrected chi connectivity index (χ4v) is 3.87. The van der Waals surface area contributed by atoms with E-state index in [4.69, 9.17) is 10.5 Å². The molecule has 2 aromatic heterocycles. The zero-order valence-corrected chi connectivity index (χ0v) is 13.3. The van der Waals surface area contributed by atoms with Crippen LogP contribution < -0.4 is 10.6 Å². The Kier molecular flexibility index (Phi) is 3.91. The zero-order chi connectivity index (χ0) is 14.1. The van der Waals surface area contributed by atoms with Crippen LogP contribution in [-0.4, -0.2) is 35.2 Å². The molecular formula is C13H18N4OS2. The number of thiazole rings is 1. The molecule has 3 rings (SSSR count). The van der Waals surface area contributed by atoms with Crippen LogP contribution in [0.3, 0.4) is 0 Å². The molecule has 0 aliphatic carbocycles. The summed E-state index contributed by atoms with van der Waals surface area (Å²) >= 11 is 3.10. The van der Waals surface area contributed by atoms with Crippen LogP contribution in [0.2, 0.25) is 0 Å². The Labute approximate surface area is 126 Å². The van der Waals surface area contributed by atoms with Gasteiger partial charge in [0.2, 0.25) is 0 Å². The number of anilines is 2. The molecule has 0 radical (unpaired) electrons. The van der Waals surface area contributed by atoms with Crippen LogP contribution in [0.4, 0.5) is 10.8 Å². The van der Waals surface area contributed by atoms with Crippen LogP contribution in [0.15, 0.2) is 5.38 Å². The fourth-order valence-electron chi connectivity index (χ4n) is 2.41. The Balaban J connectivity index is 1.97. The van der Waals surface area contributed by atoms with Gasteiger partial charge < -0.3 is 15.4 Å². The third kappa shape index (κ3) is 2.65. The molecule has 0 spiro atoms. The Bertz CT molecular complexity index is 595. The van der Waals surface area contributed by atoms with Crippen molar-refractivity contribution >= 4 is 33.7 Å². The smallest absolute Gasteiger partial charge is 0.148 e. The number of aryl methyl sites for hydroxylation is 1. The van der Waals surface area contributed by atoms with Crippen LogP contribution in [-0.2, 0) is 4.74 Å². The molecule has 20 heavy (non-hydrogen) atoms. The summed E-state index contributed by atoms with van der Waals surface area (Å²) in [6, 6.07) is 0. The van der Waals surface area contributed by atoms with E-state index in [0.29, 0.717) is 5.82 Å². The van der Waals surface area contributed by atoms with Gasteiger partial charge in [0.25, 0.3) is 0 Å². The second-order valence-electron chi connectivity index (χ2n) is 4.98. The first-order valence-electron chi connectivity index (χ1n) is 6.69. The monoisotopic (exact) mass is 310 g/mol. The highest BCUT2D eigenvalue weighted by atomic mass is 32.1. The predicted octanol–water partition coefficient (Wildman–Crippen LogP) is 2.77. The van der Waals surface area contributed by atoms with Crippen molar-refractivity contribution in [3.05, 3.63) is 10.4 Å². The first kappa shape index (κ1) is 13.8. The quantitative estimate of drug-likeness (QED) is 0.924. The van der Waals surface area contributed by atoms with Crippen LogP contribution in [0, 0.1) is 6.92 Å². The van der Waals surface area contributed by atoms with E-state index in [2.05, 4.69) is 26.6 Å². The molecule has 0 bridgehead atoms. The van der Waals surface area contributed by atoms with Crippen LogP contribution in [0.5, 0.6) is 0 Å². The Morgan fingerprint density at radius 1 is 1.50 bits per heavy atom. The molecule has 0 amide bonds. The molecule has 5 nitrogen and oxygen atoms in total. The highest BCUT2D eigenvalue weighted by molar-refractivity contribution is 7.11. The molecule has 1 aliphatic rings. The first-order chi connectivity index (χ1) is 9.65. The SMILES string of the molecule is Cc1nc(-c2c(N)nsc2N2CCCOC(C)C2)cs1. The molecule has 1 atom stereocenters. The lowest BCUT2D eigenvalue weighted by Gasteiger charge is -2.23. The number of hydrogen-bond donors (Lipinski definition) is 1. The van der Waals surface area contributed by atoms with Crippen molar-refractivity contribution in [2.24, 2.45) is 0 Å². The van der Waals surface area contributed by atoms with Gasteiger partial charge in [-0.3, -0.25) is 0 Å². The molecule has 1 aliphatic heterocycles. The van der Waals surface area contributed by atoms with Gasteiger partial charge in [-0.2, -0.15) is 4.37 Å². The van der Waals surface area contributed by atoms with Gasteiger partial charge in [-0.25, -0.2) is 4.98 Å². The summed E-state index contributed by atoms with van der Waals surface area (Å²) in [6.45, 7) is 6.78. The van der Waals surface area contributed by atoms with Crippen molar-refractivity contribution in [2.75, 3.05) is 30.3 Å². The summed E-state index contributed by atoms with van der Waals surface area (Å²) in [5, 5.41) is 4.21. The molecule has 2 aromatic rings. The minimum Gasteiger partial charge on any atom is -0.382 e. The molecular weight excluding hydrogens is 292 g/mol. The zero-order valence-electron chi connectivity index (χ0n) is 11.6. The lowest BCUT2D eigenvalue weighted by molar-refractivity contribution is 0.0821. The average Bonchev–Trinajstić information content (AvgIpc) is 2.92. The standard InChI is InChI=1S/C13H18N4OS2/c1-8-6-17(4-3-5-18-8)13-11(12(14)16-20-13)10-7-19-9(2)15-10/h7-8H,3-6H2,1-2H3,(H2,14,16). The minimum atomic E-state index is 0.228. The van der Waals surface area contributed by atoms with Crippen LogP contribution in [0.1, 0.15) is 18.4 Å². The number of ether oxygens (including phenoxy) is 1. The number of nitrogens with zero attached hydrogens (tertiary/aromatic N) is 3. The summed E-state index contributed by atoms with van der Waals surface area (Å²) in [5.74, 6) is 0.577. The number of nitrogen functional groups attached to an aromatic ring is 1. The van der Waals surface area contributed by atoms with Crippen LogP contribution >= 0.6 is 22.9 Å². The normalized spacial score (nSPS) is 20.1. The Morgan fingerprint density at radius 3 is 3.10 bits per heavy atom. The third-order valence-electron chi connectivity index (χ3n) is 3.32. The summed E-state index contributed by atoms with van der Waals surface area (Å²) in [4.78, 5) is 6.89. The number of aromatic nitrogens is 2. The number of nitrogens with two attached hydrogens (primary N) is 1. The van der Waals surface area contributed by atoms with E-state index in [1.165, 1.54) is 11.5 Å². The van der Waals surface area contributed by atoms with Crippen molar-refractivity contribution in [1.82, 2.24) is 9.36 Å². The molecule has 7 heteroatoms. The molecule has 108 valence electrons. The van der Waals surface area contributed by atoms with Gasteiger partial charge in [-0.1, -0.05) is 0 Å². The van der Waals surface area contributed by atoms with Gasteiger partial charge in [0.15, 0.2) is 0 Å². The number of rotatable bonds is 2. The highest BCUT2D eigenvalue weighted by Gasteiger charge is 2.23. The summed E-state index contributed by atoms with van der Waals surface area (Å²) in [6.07, 6.45) is 1.25. The summed E-state index contributed by atoms with van der Waals surface area (Å²) in [7, 11) is 0. The van der Waals surface area contributed by atoms with E-state index in [9.17, 15) is 0 Å². The van der Waals surface area contributed by atoms with E-state index >= 15 is 0 Å². The van der Waals surface area contributed by atoms with E-state index < -0.39 is 0 Å². The topological polar surface area (TPSA) is 64.3 Å². The predicted molar refractivity (Wildman–Crippen MR) is 84.6 cm³/mol. The van der Waals surface area contributed by atoms with Crippen LogP contribution in [0.25, 0.3) is 11.3 Å². The lowest BCUT2D eigenvalue weighted by atomic mass is 10.2. The fraction of sp³-hybridized carbons (Fsp3) is 0.538. The molecule has 0 saturated carbocycles. The second-order valence-corrected chi connectivity index (χ2v) is 6.79. The van der Waals surface area contributed by atoms with E-state index in [-0.39, 0.29) is 6.10 Å². The number of hydrogen-bond acceptors (Lipinski definition) is 7. The first-order valence-corrected chi connectivity index (χ1v) is 8.34. The Morgan fingerprint density at radius 2 is 2.35 bits per heavy atom. The molecule has 2 N–H and O–H groups in total. The maximum Gasteiger partial charge on any atom is 0.148 e. The molecule has 3 heterocycles. The Hall–Kier alpha value is -1.18. The van der Waals surface area contributed by atoms with Gasteiger partial charge in [-0.15, -0.1) is 11.3 Å². The van der Waals surface area contributed by atoms with E-state index in [1.807, 2.05) is 6.92 Å². The van der Waals surface area contributed by atoms with Crippen molar-refractivity contribution in [3.8, 4) is 11.3 Å². The molecule has 1 fully saturated rings. The average molecular weight is 310 g/mol. The largest absolute Gasteiger partial charge is 0.382 e. The summed E-state index contributed by atoms with van der Waals surface area (Å²) < 4.78 is 10.0. The molecule has 0 aromatic carbocycles. The van der Waals surface area contributed by atoms with Crippen molar-refractivity contribution < 1.29 is 4.74 Å². The molecule has 1 unspecified atom stereocenters. The van der Waals surface area contributed by atoms with Gasteiger partial charge in [0.1, 0.15) is 10.8 Å². The van der Waals surface area contributed by atoms with Crippen molar-refractivity contribution in [2.45, 2.75) is 26.4 Å². The maximum absolute atomic E-state index is 6.07. The third-order valence-corrected chi connectivity index (χ3v) is 5.01. The summed E-state index contributed by atoms with van der Waals surface area (Å²) in [5.41, 5.74) is 7.99. The van der Waals surface area contributed by atoms with Gasteiger partial charge in [0.05, 0.1) is 22.4 Å². The lowest BCUT2D eigenvalue weighted by Crippen LogP contribution is -2.29. The van der Waals surface area contributed by atoms with E-state index in [1.54, 1.807) is 11.3 Å². The maximum atomic E-state index is 6.07.